The van der Waals surface area contributed by atoms with Crippen LogP contribution in [0.1, 0.15) is 62.7 Å². The van der Waals surface area contributed by atoms with E-state index in [2.05, 4.69) is 17.2 Å². The largest absolute Gasteiger partial charge is 0.480 e. The minimum Gasteiger partial charge on any atom is -0.480 e. The fourth-order valence-electron chi connectivity index (χ4n) is 7.18. The smallest absolute Gasteiger partial charge is 0.326 e. The van der Waals surface area contributed by atoms with Crippen molar-refractivity contribution in [1.29, 1.82) is 0 Å². The zero-order valence-electron chi connectivity index (χ0n) is 20.3. The summed E-state index contributed by atoms with van der Waals surface area (Å²) in [7, 11) is 0. The van der Waals surface area contributed by atoms with Crippen LogP contribution in [0.5, 0.6) is 5.75 Å². The van der Waals surface area contributed by atoms with E-state index in [0.717, 1.165) is 19.3 Å². The number of carbonyl (C=O) groups is 2. The average molecular weight is 478 g/mol. The van der Waals surface area contributed by atoms with Gasteiger partial charge >= 0.3 is 5.97 Å². The second-order valence-electron chi connectivity index (χ2n) is 11.1. The van der Waals surface area contributed by atoms with Crippen LogP contribution in [0, 0.1) is 46.7 Å². The highest BCUT2D eigenvalue weighted by Crippen LogP contribution is 2.61. The maximum absolute atomic E-state index is 13.8. The van der Waals surface area contributed by atoms with Gasteiger partial charge in [0.15, 0.2) is 0 Å². The third kappa shape index (κ3) is 4.61. The lowest BCUT2D eigenvalue weighted by atomic mass is 9.47. The first-order chi connectivity index (χ1) is 16.7. The monoisotopic (exact) mass is 477 g/mol. The maximum Gasteiger partial charge on any atom is 0.326 e. The van der Waals surface area contributed by atoms with Crippen molar-refractivity contribution in [2.24, 2.45) is 29.1 Å². The van der Waals surface area contributed by atoms with Crippen molar-refractivity contribution in [3.8, 4) is 17.6 Å². The minimum absolute atomic E-state index is 0.0757. The Kier molecular flexibility index (Phi) is 6.21. The maximum atomic E-state index is 13.8. The highest BCUT2D eigenvalue weighted by atomic mass is 19.1. The molecule has 0 unspecified atom stereocenters. The third-order valence-corrected chi connectivity index (χ3v) is 8.08. The zero-order valence-corrected chi connectivity index (χ0v) is 20.3. The van der Waals surface area contributed by atoms with E-state index in [0.29, 0.717) is 34.3 Å². The van der Waals surface area contributed by atoms with Gasteiger partial charge in [0.2, 0.25) is 0 Å². The lowest BCUT2D eigenvalue weighted by Crippen LogP contribution is -2.59. The van der Waals surface area contributed by atoms with E-state index in [9.17, 15) is 19.1 Å². The van der Waals surface area contributed by atoms with Crippen LogP contribution in [0.2, 0.25) is 0 Å². The van der Waals surface area contributed by atoms with Gasteiger partial charge in [0, 0.05) is 16.7 Å². The summed E-state index contributed by atoms with van der Waals surface area (Å²) < 4.78 is 19.8. The van der Waals surface area contributed by atoms with Crippen molar-refractivity contribution >= 4 is 22.6 Å². The summed E-state index contributed by atoms with van der Waals surface area (Å²) in [5.41, 5.74) is -0.147. The number of benzene rings is 2. The number of rotatable bonds is 6. The Bertz CT molecular complexity index is 1190. The molecule has 1 amide bonds. The van der Waals surface area contributed by atoms with Gasteiger partial charge in [-0.3, -0.25) is 4.79 Å². The van der Waals surface area contributed by atoms with Gasteiger partial charge in [-0.2, -0.15) is 0 Å². The quantitative estimate of drug-likeness (QED) is 0.545. The molecule has 4 aliphatic rings. The van der Waals surface area contributed by atoms with Crippen molar-refractivity contribution < 1.29 is 23.8 Å². The van der Waals surface area contributed by atoms with Gasteiger partial charge in [-0.05, 0) is 85.9 Å². The highest BCUT2D eigenvalue weighted by molar-refractivity contribution is 6.05. The van der Waals surface area contributed by atoms with Gasteiger partial charge in [-0.15, -0.1) is 0 Å². The first-order valence-corrected chi connectivity index (χ1v) is 12.6. The number of fused-ring (bicyclic) bond motifs is 1. The first kappa shape index (κ1) is 23.7. The molecule has 0 radical (unpaired) electrons. The standard InChI is InChI=1S/C29H32FNO4/c1-17(2)4-3-9-35-25-23-8-6-22(30)13-21(23)5-7-24(25)27(32)31-26(28(33)34)29-14-18-10-19(15-29)12-20(11-18)16-29/h5-8,13,17-20,26H,9-12,14-16H2,1-2H3,(H,31,32)(H,33,34)/t18?,19?,20?,26-,29?/m1/s1. The van der Waals surface area contributed by atoms with E-state index in [1.807, 2.05) is 13.8 Å². The Labute approximate surface area is 205 Å². The Morgan fingerprint density at radius 3 is 2.37 bits per heavy atom. The van der Waals surface area contributed by atoms with Crippen LogP contribution in [-0.2, 0) is 4.79 Å². The van der Waals surface area contributed by atoms with Gasteiger partial charge in [-0.25, -0.2) is 9.18 Å². The lowest BCUT2D eigenvalue weighted by Gasteiger charge is -2.58. The van der Waals surface area contributed by atoms with E-state index in [1.54, 1.807) is 18.2 Å². The Morgan fingerprint density at radius 1 is 1.11 bits per heavy atom. The molecule has 5 nitrogen and oxygen atoms in total. The number of aliphatic carboxylic acids is 1. The van der Waals surface area contributed by atoms with Crippen LogP contribution in [-0.4, -0.2) is 29.6 Å². The molecule has 1 atom stereocenters. The molecule has 4 saturated carbocycles. The summed E-state index contributed by atoms with van der Waals surface area (Å²) in [6.45, 7) is 4.03. The molecule has 6 heteroatoms. The number of hydrogen-bond acceptors (Lipinski definition) is 3. The molecule has 0 aromatic heterocycles. The molecule has 4 fully saturated rings. The number of carboxylic acids is 1. The molecule has 4 aliphatic carbocycles. The van der Waals surface area contributed by atoms with Crippen LogP contribution >= 0.6 is 0 Å². The number of carbonyl (C=O) groups excluding carboxylic acids is 1. The van der Waals surface area contributed by atoms with Gasteiger partial charge in [0.25, 0.3) is 5.91 Å². The molecule has 4 bridgehead atoms. The van der Waals surface area contributed by atoms with Crippen molar-refractivity contribution in [2.45, 2.75) is 58.4 Å². The summed E-state index contributed by atoms with van der Waals surface area (Å²) in [6.07, 6.45) is 6.16. The van der Waals surface area contributed by atoms with Gasteiger partial charge < -0.3 is 15.2 Å². The highest BCUT2D eigenvalue weighted by Gasteiger charge is 2.56. The second-order valence-corrected chi connectivity index (χ2v) is 11.1. The van der Waals surface area contributed by atoms with Gasteiger partial charge in [-0.1, -0.05) is 31.8 Å². The van der Waals surface area contributed by atoms with E-state index in [1.165, 1.54) is 31.4 Å². The molecule has 35 heavy (non-hydrogen) atoms. The van der Waals surface area contributed by atoms with Crippen LogP contribution in [0.25, 0.3) is 10.8 Å². The average Bonchev–Trinajstić information content (AvgIpc) is 2.78. The normalized spacial score (nSPS) is 27.4. The predicted octanol–water partition coefficient (Wildman–Crippen LogP) is 5.42. The van der Waals surface area contributed by atoms with Crippen LogP contribution in [0.15, 0.2) is 30.3 Å². The van der Waals surface area contributed by atoms with Crippen molar-refractivity contribution in [3.05, 3.63) is 41.7 Å². The summed E-state index contributed by atoms with van der Waals surface area (Å²) in [4.78, 5) is 26.0. The topological polar surface area (TPSA) is 75.6 Å². The molecule has 0 spiro atoms. The molecule has 0 saturated heterocycles. The summed E-state index contributed by atoms with van der Waals surface area (Å²) in [5, 5.41) is 14.3. The summed E-state index contributed by atoms with van der Waals surface area (Å²) in [6, 6.07) is 6.61. The number of halogens is 1. The molecule has 2 aromatic rings. The van der Waals surface area contributed by atoms with E-state index >= 15 is 0 Å². The number of carboxylic acid groups (broad SMARTS) is 1. The van der Waals surface area contributed by atoms with Crippen molar-refractivity contribution in [3.63, 3.8) is 0 Å². The first-order valence-electron chi connectivity index (χ1n) is 12.6. The second kappa shape index (κ2) is 9.18. The SMILES string of the molecule is CC(C)C#CCOc1c(C(=O)N[C@H](C(=O)O)C23CC4CC(CC(C4)C2)C3)ccc2cc(F)ccc12. The number of amides is 1. The van der Waals surface area contributed by atoms with Crippen molar-refractivity contribution in [2.75, 3.05) is 6.61 Å². The van der Waals surface area contributed by atoms with Gasteiger partial charge in [0.1, 0.15) is 24.2 Å². The zero-order chi connectivity index (χ0) is 24.7. The number of nitrogens with one attached hydrogen (secondary N) is 1. The summed E-state index contributed by atoms with van der Waals surface area (Å²) in [5.74, 6) is 6.31. The Balaban J connectivity index is 1.46. The summed E-state index contributed by atoms with van der Waals surface area (Å²) >= 11 is 0. The van der Waals surface area contributed by atoms with Crippen LogP contribution in [0.4, 0.5) is 4.39 Å². The molecular weight excluding hydrogens is 445 g/mol. The Morgan fingerprint density at radius 2 is 1.77 bits per heavy atom. The predicted molar refractivity (Wildman–Crippen MR) is 132 cm³/mol. The van der Waals surface area contributed by atoms with Crippen LogP contribution in [0.3, 0.4) is 0 Å². The fraction of sp³-hybridized carbons (Fsp3) is 0.517. The van der Waals surface area contributed by atoms with Gasteiger partial charge in [0.05, 0.1) is 5.56 Å². The number of hydrogen-bond donors (Lipinski definition) is 2. The van der Waals surface area contributed by atoms with E-state index < -0.39 is 17.9 Å². The fourth-order valence-corrected chi connectivity index (χ4v) is 7.18. The Hall–Kier alpha value is -3.07. The molecular formula is C29H32FNO4. The molecule has 0 heterocycles. The molecule has 2 aromatic carbocycles. The molecule has 2 N–H and O–H groups in total. The molecule has 6 rings (SSSR count). The number of ether oxygens (including phenoxy) is 1. The molecule has 0 aliphatic heterocycles. The minimum atomic E-state index is -0.978. The van der Waals surface area contributed by atoms with E-state index in [4.69, 9.17) is 4.74 Å². The molecule has 184 valence electrons. The third-order valence-electron chi connectivity index (χ3n) is 8.08. The lowest BCUT2D eigenvalue weighted by molar-refractivity contribution is -0.150. The van der Waals surface area contributed by atoms with Crippen molar-refractivity contribution in [1.82, 2.24) is 5.32 Å². The van der Waals surface area contributed by atoms with Crippen LogP contribution < -0.4 is 10.1 Å². The van der Waals surface area contributed by atoms with E-state index in [-0.39, 0.29) is 29.3 Å².